The lowest BCUT2D eigenvalue weighted by Crippen LogP contribution is -2.30. The first kappa shape index (κ1) is 14.3. The molecule has 0 radical (unpaired) electrons. The number of hydrogen-bond acceptors (Lipinski definition) is 2. The number of benzene rings is 1. The molecule has 0 amide bonds. The van der Waals surface area contributed by atoms with Gasteiger partial charge in [-0.2, -0.15) is 0 Å². The molecule has 3 heteroatoms. The fourth-order valence-electron chi connectivity index (χ4n) is 2.09. The summed E-state index contributed by atoms with van der Waals surface area (Å²) < 4.78 is 0. The van der Waals surface area contributed by atoms with Gasteiger partial charge in [0, 0.05) is 24.4 Å². The summed E-state index contributed by atoms with van der Waals surface area (Å²) in [6, 6.07) is 6.47. The molecule has 0 spiro atoms. The molecule has 1 aromatic carbocycles. The summed E-state index contributed by atoms with van der Waals surface area (Å²) in [6.45, 7) is 9.49. The van der Waals surface area contributed by atoms with Crippen LogP contribution in [0.1, 0.15) is 31.9 Å². The van der Waals surface area contributed by atoms with E-state index in [0.29, 0.717) is 6.04 Å². The van der Waals surface area contributed by atoms with Crippen LogP contribution in [-0.4, -0.2) is 23.7 Å². The summed E-state index contributed by atoms with van der Waals surface area (Å²) in [5.74, 6) is -0.922. The van der Waals surface area contributed by atoms with Crippen LogP contribution in [0.15, 0.2) is 24.3 Å². The van der Waals surface area contributed by atoms with Crippen molar-refractivity contribution in [2.24, 2.45) is 0 Å². The van der Waals surface area contributed by atoms with Gasteiger partial charge < -0.3 is 10.0 Å². The third-order valence-electron chi connectivity index (χ3n) is 2.91. The Balaban J connectivity index is 3.02. The van der Waals surface area contributed by atoms with Gasteiger partial charge in [0.2, 0.25) is 0 Å². The average molecular weight is 247 g/mol. The molecule has 0 bridgehead atoms. The summed E-state index contributed by atoms with van der Waals surface area (Å²) in [5, 5.41) is 8.60. The topological polar surface area (TPSA) is 40.5 Å². The Kier molecular flexibility index (Phi) is 4.95. The molecule has 0 aliphatic rings. The lowest BCUT2D eigenvalue weighted by Gasteiger charge is -2.29. The van der Waals surface area contributed by atoms with E-state index in [9.17, 15) is 4.79 Å². The van der Waals surface area contributed by atoms with Crippen molar-refractivity contribution in [2.75, 3.05) is 11.4 Å². The lowest BCUT2D eigenvalue weighted by atomic mass is 10.1. The lowest BCUT2D eigenvalue weighted by molar-refractivity contribution is -0.131. The van der Waals surface area contributed by atoms with Crippen LogP contribution in [0.5, 0.6) is 0 Å². The van der Waals surface area contributed by atoms with E-state index in [-0.39, 0.29) is 0 Å². The summed E-state index contributed by atoms with van der Waals surface area (Å²) in [5.41, 5.74) is 3.29. The molecule has 18 heavy (non-hydrogen) atoms. The first-order valence-electron chi connectivity index (χ1n) is 6.24. The van der Waals surface area contributed by atoms with Crippen LogP contribution in [-0.2, 0) is 4.79 Å². The Morgan fingerprint density at radius 3 is 2.56 bits per heavy atom. The number of hydrogen-bond donors (Lipinski definition) is 1. The number of aryl methyl sites for hydroxylation is 1. The molecule has 0 atom stereocenters. The maximum atomic E-state index is 10.5. The second kappa shape index (κ2) is 6.24. The van der Waals surface area contributed by atoms with Crippen molar-refractivity contribution >= 4 is 17.7 Å². The fraction of sp³-hybridized carbons (Fsp3) is 0.400. The van der Waals surface area contributed by atoms with Gasteiger partial charge in [-0.1, -0.05) is 6.07 Å². The Hall–Kier alpha value is -1.77. The Labute approximate surface area is 109 Å². The zero-order valence-corrected chi connectivity index (χ0v) is 11.5. The second-order valence-electron chi connectivity index (χ2n) is 4.60. The number of carbonyl (C=O) groups is 1. The zero-order chi connectivity index (χ0) is 13.7. The summed E-state index contributed by atoms with van der Waals surface area (Å²) in [6.07, 6.45) is 2.78. The predicted octanol–water partition coefficient (Wildman–Crippen LogP) is 3.33. The molecule has 1 N–H and O–H groups in total. The van der Waals surface area contributed by atoms with Crippen molar-refractivity contribution in [2.45, 2.75) is 33.7 Å². The van der Waals surface area contributed by atoms with Gasteiger partial charge in [0.15, 0.2) is 0 Å². The molecular weight excluding hydrogens is 226 g/mol. The second-order valence-corrected chi connectivity index (χ2v) is 4.60. The third-order valence-corrected chi connectivity index (χ3v) is 2.91. The third kappa shape index (κ3) is 3.62. The Morgan fingerprint density at radius 1 is 1.44 bits per heavy atom. The minimum Gasteiger partial charge on any atom is -0.478 e. The highest BCUT2D eigenvalue weighted by molar-refractivity contribution is 5.85. The average Bonchev–Trinajstić information content (AvgIpc) is 2.29. The molecule has 1 rings (SSSR count). The van der Waals surface area contributed by atoms with Crippen molar-refractivity contribution in [3.8, 4) is 0 Å². The van der Waals surface area contributed by atoms with Gasteiger partial charge in [-0.15, -0.1) is 0 Å². The van der Waals surface area contributed by atoms with Gasteiger partial charge in [0.05, 0.1) is 0 Å². The highest BCUT2D eigenvalue weighted by Crippen LogP contribution is 2.23. The number of nitrogens with zero attached hydrogens (tertiary/aromatic N) is 1. The number of anilines is 1. The molecule has 0 fully saturated rings. The van der Waals surface area contributed by atoms with E-state index in [1.54, 1.807) is 6.08 Å². The highest BCUT2D eigenvalue weighted by atomic mass is 16.4. The van der Waals surface area contributed by atoms with E-state index in [1.165, 1.54) is 5.69 Å². The SMILES string of the molecule is CCN(c1ccc(C=CC(=O)O)cc1C)C(C)C. The van der Waals surface area contributed by atoms with Crippen LogP contribution in [0.3, 0.4) is 0 Å². The summed E-state index contributed by atoms with van der Waals surface area (Å²) in [7, 11) is 0. The van der Waals surface area contributed by atoms with Gasteiger partial charge in [-0.25, -0.2) is 4.79 Å². The molecule has 0 unspecified atom stereocenters. The van der Waals surface area contributed by atoms with E-state index >= 15 is 0 Å². The van der Waals surface area contributed by atoms with Crippen molar-refractivity contribution in [1.82, 2.24) is 0 Å². The van der Waals surface area contributed by atoms with Crippen LogP contribution in [0.4, 0.5) is 5.69 Å². The quantitative estimate of drug-likeness (QED) is 0.811. The first-order valence-corrected chi connectivity index (χ1v) is 6.24. The summed E-state index contributed by atoms with van der Waals surface area (Å²) >= 11 is 0. The van der Waals surface area contributed by atoms with E-state index < -0.39 is 5.97 Å². The first-order chi connectivity index (χ1) is 8.45. The highest BCUT2D eigenvalue weighted by Gasteiger charge is 2.10. The Morgan fingerprint density at radius 2 is 2.11 bits per heavy atom. The molecule has 3 nitrogen and oxygen atoms in total. The van der Waals surface area contributed by atoms with Crippen LogP contribution in [0.2, 0.25) is 0 Å². The van der Waals surface area contributed by atoms with Crippen LogP contribution < -0.4 is 4.90 Å². The Bertz CT molecular complexity index is 450. The van der Waals surface area contributed by atoms with Gasteiger partial charge >= 0.3 is 5.97 Å². The van der Waals surface area contributed by atoms with Gasteiger partial charge in [-0.05, 0) is 57.0 Å². The molecule has 1 aromatic rings. The summed E-state index contributed by atoms with van der Waals surface area (Å²) in [4.78, 5) is 12.8. The monoisotopic (exact) mass is 247 g/mol. The normalized spacial score (nSPS) is 11.2. The van der Waals surface area contributed by atoms with Gasteiger partial charge in [-0.3, -0.25) is 0 Å². The smallest absolute Gasteiger partial charge is 0.328 e. The molecule has 98 valence electrons. The van der Waals surface area contributed by atoms with E-state index in [0.717, 1.165) is 23.7 Å². The zero-order valence-electron chi connectivity index (χ0n) is 11.5. The van der Waals surface area contributed by atoms with E-state index in [4.69, 9.17) is 5.11 Å². The van der Waals surface area contributed by atoms with Crippen LogP contribution in [0.25, 0.3) is 6.08 Å². The van der Waals surface area contributed by atoms with Crippen LogP contribution in [0, 0.1) is 6.92 Å². The molecule has 0 aromatic heterocycles. The van der Waals surface area contributed by atoms with Crippen molar-refractivity contribution in [1.29, 1.82) is 0 Å². The number of carboxylic acid groups (broad SMARTS) is 1. The molecule has 0 heterocycles. The number of rotatable bonds is 5. The molecule has 0 aliphatic carbocycles. The largest absolute Gasteiger partial charge is 0.478 e. The van der Waals surface area contributed by atoms with Crippen molar-refractivity contribution in [3.05, 3.63) is 35.4 Å². The van der Waals surface area contributed by atoms with Crippen molar-refractivity contribution < 1.29 is 9.90 Å². The fourth-order valence-corrected chi connectivity index (χ4v) is 2.09. The molecule has 0 aliphatic heterocycles. The molecule has 0 saturated heterocycles. The standard InChI is InChI=1S/C15H21NO2/c1-5-16(11(2)3)14-8-6-13(10-12(14)4)7-9-15(17)18/h6-11H,5H2,1-4H3,(H,17,18). The van der Waals surface area contributed by atoms with E-state index in [2.05, 4.69) is 38.7 Å². The van der Waals surface area contributed by atoms with Gasteiger partial charge in [0.1, 0.15) is 0 Å². The van der Waals surface area contributed by atoms with Gasteiger partial charge in [0.25, 0.3) is 0 Å². The predicted molar refractivity (Wildman–Crippen MR) is 76.0 cm³/mol. The number of aliphatic carboxylic acids is 1. The minimum atomic E-state index is -0.922. The van der Waals surface area contributed by atoms with Crippen molar-refractivity contribution in [3.63, 3.8) is 0 Å². The minimum absolute atomic E-state index is 0.453. The van der Waals surface area contributed by atoms with Crippen LogP contribution >= 0.6 is 0 Å². The maximum Gasteiger partial charge on any atom is 0.328 e. The maximum absolute atomic E-state index is 10.5. The molecule has 0 saturated carbocycles. The molecular formula is C15H21NO2. The number of carboxylic acids is 1. The van der Waals surface area contributed by atoms with E-state index in [1.807, 2.05) is 12.1 Å².